The third-order valence-electron chi connectivity index (χ3n) is 2.21. The molecular weight excluding hydrogens is 280 g/mol. The molecule has 0 saturated carbocycles. The number of nitrogens with one attached hydrogen (secondary N) is 1. The van der Waals surface area contributed by atoms with E-state index in [0.29, 0.717) is 26.2 Å². The summed E-state index contributed by atoms with van der Waals surface area (Å²) in [7, 11) is 0. The number of hydrogen-bond donors (Lipinski definition) is 1. The minimum Gasteiger partial charge on any atom is -0.382 e. The molecule has 0 aliphatic heterocycles. The Hall–Kier alpha value is -0.840. The molecule has 0 aliphatic rings. The number of ether oxygens (including phenoxy) is 1. The van der Waals surface area contributed by atoms with Crippen molar-refractivity contribution in [2.75, 3.05) is 19.8 Å². The van der Waals surface area contributed by atoms with E-state index in [9.17, 15) is 9.18 Å². The zero-order valence-corrected chi connectivity index (χ0v) is 11.4. The normalized spacial score (nSPS) is 10.4. The minimum absolute atomic E-state index is 0.0787. The van der Waals surface area contributed by atoms with Crippen molar-refractivity contribution in [1.29, 1.82) is 0 Å². The van der Waals surface area contributed by atoms with Crippen LogP contribution in [0.1, 0.15) is 23.7 Å². The van der Waals surface area contributed by atoms with Crippen LogP contribution in [0.4, 0.5) is 4.39 Å². The molecule has 1 aromatic carbocycles. The van der Waals surface area contributed by atoms with E-state index in [4.69, 9.17) is 27.9 Å². The molecule has 3 nitrogen and oxygen atoms in total. The zero-order valence-electron chi connectivity index (χ0n) is 9.93. The maximum Gasteiger partial charge on any atom is 0.252 e. The fourth-order valence-electron chi connectivity index (χ4n) is 1.31. The zero-order chi connectivity index (χ0) is 13.5. The van der Waals surface area contributed by atoms with Crippen LogP contribution in [0.25, 0.3) is 0 Å². The Balaban J connectivity index is 2.54. The van der Waals surface area contributed by atoms with Gasteiger partial charge in [0.1, 0.15) is 5.82 Å². The van der Waals surface area contributed by atoms with Crippen molar-refractivity contribution in [3.8, 4) is 0 Å². The molecule has 1 N–H and O–H groups in total. The first-order chi connectivity index (χ1) is 8.56. The van der Waals surface area contributed by atoms with Gasteiger partial charge in [-0.05, 0) is 25.5 Å². The smallest absolute Gasteiger partial charge is 0.252 e. The highest BCUT2D eigenvalue weighted by molar-refractivity contribution is 6.36. The number of amides is 1. The van der Waals surface area contributed by atoms with E-state index in [2.05, 4.69) is 5.32 Å². The average molecular weight is 294 g/mol. The van der Waals surface area contributed by atoms with E-state index < -0.39 is 11.7 Å². The number of carbonyl (C=O) groups is 1. The molecular formula is C12H14Cl2FNO2. The second-order valence-corrected chi connectivity index (χ2v) is 4.37. The van der Waals surface area contributed by atoms with E-state index in [0.717, 1.165) is 6.07 Å². The SMILES string of the molecule is CCOCCCNC(=O)c1cc(F)c(Cl)cc1Cl. The van der Waals surface area contributed by atoms with Crippen molar-refractivity contribution in [1.82, 2.24) is 5.32 Å². The van der Waals surface area contributed by atoms with Gasteiger partial charge in [0.15, 0.2) is 0 Å². The lowest BCUT2D eigenvalue weighted by atomic mass is 10.2. The Labute approximate surface area is 115 Å². The summed E-state index contributed by atoms with van der Waals surface area (Å²) < 4.78 is 18.3. The third-order valence-corrected chi connectivity index (χ3v) is 2.81. The van der Waals surface area contributed by atoms with Gasteiger partial charge >= 0.3 is 0 Å². The molecule has 0 saturated heterocycles. The van der Waals surface area contributed by atoms with Gasteiger partial charge in [0, 0.05) is 19.8 Å². The van der Waals surface area contributed by atoms with Crippen LogP contribution in [-0.2, 0) is 4.74 Å². The fourth-order valence-corrected chi connectivity index (χ4v) is 1.78. The lowest BCUT2D eigenvalue weighted by Gasteiger charge is -2.07. The lowest BCUT2D eigenvalue weighted by Crippen LogP contribution is -2.25. The molecule has 0 unspecified atom stereocenters. The first kappa shape index (κ1) is 15.2. The highest BCUT2D eigenvalue weighted by Crippen LogP contribution is 2.24. The lowest BCUT2D eigenvalue weighted by molar-refractivity contribution is 0.0944. The van der Waals surface area contributed by atoms with Gasteiger partial charge < -0.3 is 10.1 Å². The molecule has 1 rings (SSSR count). The number of halogens is 3. The van der Waals surface area contributed by atoms with Crippen LogP contribution >= 0.6 is 23.2 Å². The standard InChI is InChI=1S/C12H14Cl2FNO2/c1-2-18-5-3-4-16-12(17)8-6-11(15)10(14)7-9(8)13/h6-7H,2-5H2,1H3,(H,16,17). The topological polar surface area (TPSA) is 38.3 Å². The second-order valence-electron chi connectivity index (χ2n) is 3.55. The Morgan fingerprint density at radius 1 is 1.39 bits per heavy atom. The molecule has 100 valence electrons. The first-order valence-electron chi connectivity index (χ1n) is 5.56. The van der Waals surface area contributed by atoms with Gasteiger partial charge in [-0.15, -0.1) is 0 Å². The highest BCUT2D eigenvalue weighted by atomic mass is 35.5. The first-order valence-corrected chi connectivity index (χ1v) is 6.32. The molecule has 0 spiro atoms. The van der Waals surface area contributed by atoms with Gasteiger partial charge in [-0.2, -0.15) is 0 Å². The summed E-state index contributed by atoms with van der Waals surface area (Å²) in [6, 6.07) is 2.25. The van der Waals surface area contributed by atoms with Crippen molar-refractivity contribution in [2.24, 2.45) is 0 Å². The summed E-state index contributed by atoms with van der Waals surface area (Å²) in [4.78, 5) is 11.7. The predicted molar refractivity (Wildman–Crippen MR) is 69.9 cm³/mol. The highest BCUT2D eigenvalue weighted by Gasteiger charge is 2.13. The predicted octanol–water partition coefficient (Wildman–Crippen LogP) is 3.29. The van der Waals surface area contributed by atoms with Crippen LogP contribution < -0.4 is 5.32 Å². The molecule has 0 aromatic heterocycles. The van der Waals surface area contributed by atoms with Crippen LogP contribution in [-0.4, -0.2) is 25.7 Å². The largest absolute Gasteiger partial charge is 0.382 e. The number of carbonyl (C=O) groups excluding carboxylic acids is 1. The van der Waals surface area contributed by atoms with Crippen molar-refractivity contribution >= 4 is 29.1 Å². The summed E-state index contributed by atoms with van der Waals surface area (Å²) >= 11 is 11.4. The maximum atomic E-state index is 13.2. The van der Waals surface area contributed by atoms with E-state index in [1.165, 1.54) is 6.07 Å². The van der Waals surface area contributed by atoms with Crippen LogP contribution in [0.5, 0.6) is 0 Å². The molecule has 0 aliphatic carbocycles. The number of benzene rings is 1. The van der Waals surface area contributed by atoms with Crippen LogP contribution in [0.2, 0.25) is 10.0 Å². The minimum atomic E-state index is -0.666. The molecule has 18 heavy (non-hydrogen) atoms. The molecule has 0 atom stereocenters. The van der Waals surface area contributed by atoms with Crippen molar-refractivity contribution in [2.45, 2.75) is 13.3 Å². The molecule has 0 fully saturated rings. The molecule has 1 aromatic rings. The van der Waals surface area contributed by atoms with E-state index in [-0.39, 0.29) is 15.6 Å². The van der Waals surface area contributed by atoms with Crippen molar-refractivity contribution in [3.05, 3.63) is 33.6 Å². The molecule has 0 bridgehead atoms. The summed E-state index contributed by atoms with van der Waals surface area (Å²) in [6.45, 7) is 3.55. The van der Waals surface area contributed by atoms with Gasteiger partial charge in [-0.1, -0.05) is 23.2 Å². The number of hydrogen-bond acceptors (Lipinski definition) is 2. The Morgan fingerprint density at radius 2 is 2.11 bits per heavy atom. The Bertz CT molecular complexity index is 427. The van der Waals surface area contributed by atoms with Crippen LogP contribution in [0, 0.1) is 5.82 Å². The fraction of sp³-hybridized carbons (Fsp3) is 0.417. The van der Waals surface area contributed by atoms with Crippen molar-refractivity contribution < 1.29 is 13.9 Å². The Morgan fingerprint density at radius 3 is 2.78 bits per heavy atom. The summed E-state index contributed by atoms with van der Waals surface area (Å²) in [5.41, 5.74) is 0.0787. The van der Waals surface area contributed by atoms with Crippen molar-refractivity contribution in [3.63, 3.8) is 0 Å². The molecule has 0 radical (unpaired) electrons. The quantitative estimate of drug-likeness (QED) is 0.646. The second kappa shape index (κ2) is 7.56. The summed E-state index contributed by atoms with van der Waals surface area (Å²) in [5.74, 6) is -1.09. The van der Waals surface area contributed by atoms with Crippen LogP contribution in [0.3, 0.4) is 0 Å². The summed E-state index contributed by atoms with van der Waals surface area (Å²) in [5, 5.41) is 2.66. The molecule has 6 heteroatoms. The third kappa shape index (κ3) is 4.44. The van der Waals surface area contributed by atoms with E-state index >= 15 is 0 Å². The maximum absolute atomic E-state index is 13.2. The van der Waals surface area contributed by atoms with Gasteiger partial charge in [-0.3, -0.25) is 4.79 Å². The molecule has 1 amide bonds. The van der Waals surface area contributed by atoms with Gasteiger partial charge in [-0.25, -0.2) is 4.39 Å². The van der Waals surface area contributed by atoms with E-state index in [1.807, 2.05) is 6.92 Å². The van der Waals surface area contributed by atoms with E-state index in [1.54, 1.807) is 0 Å². The van der Waals surface area contributed by atoms with Gasteiger partial charge in [0.05, 0.1) is 15.6 Å². The number of rotatable bonds is 6. The average Bonchev–Trinajstić information content (AvgIpc) is 2.33. The summed E-state index contributed by atoms with van der Waals surface area (Å²) in [6.07, 6.45) is 0.688. The van der Waals surface area contributed by atoms with Crippen LogP contribution in [0.15, 0.2) is 12.1 Å². The monoisotopic (exact) mass is 293 g/mol. The Kier molecular flexibility index (Phi) is 6.39. The van der Waals surface area contributed by atoms with Gasteiger partial charge in [0.25, 0.3) is 5.91 Å². The molecule has 0 heterocycles. The van der Waals surface area contributed by atoms with Gasteiger partial charge in [0.2, 0.25) is 0 Å².